The molecule has 0 aromatic carbocycles. The van der Waals surface area contributed by atoms with E-state index in [1.165, 1.54) is 19.5 Å². The van der Waals surface area contributed by atoms with Gasteiger partial charge in [-0.1, -0.05) is 20.8 Å². The molecule has 0 aliphatic carbocycles. The van der Waals surface area contributed by atoms with E-state index in [2.05, 4.69) is 18.7 Å². The largest absolute Gasteiger partial charge is 0.389 e. The molecular formula is C14H30N2O. The van der Waals surface area contributed by atoms with Crippen molar-refractivity contribution in [1.82, 2.24) is 4.90 Å². The van der Waals surface area contributed by atoms with E-state index in [0.717, 1.165) is 37.6 Å². The van der Waals surface area contributed by atoms with Crippen LogP contribution in [0.5, 0.6) is 0 Å². The normalized spacial score (nSPS) is 30.2. The molecule has 3 N–H and O–H groups in total. The summed E-state index contributed by atoms with van der Waals surface area (Å²) in [5.41, 5.74) is 4.98. The Kier molecular flexibility index (Phi) is 5.90. The van der Waals surface area contributed by atoms with Crippen molar-refractivity contribution in [2.24, 2.45) is 17.6 Å². The van der Waals surface area contributed by atoms with Crippen LogP contribution >= 0.6 is 0 Å². The maximum atomic E-state index is 10.1. The van der Waals surface area contributed by atoms with E-state index in [9.17, 15) is 5.11 Å². The number of nitrogens with two attached hydrogens (primary N) is 1. The third-order valence-electron chi connectivity index (χ3n) is 4.57. The van der Waals surface area contributed by atoms with Gasteiger partial charge < -0.3 is 15.7 Å². The molecule has 1 aliphatic rings. The monoisotopic (exact) mass is 242 g/mol. The van der Waals surface area contributed by atoms with E-state index in [1.807, 2.05) is 6.92 Å². The highest BCUT2D eigenvalue weighted by atomic mass is 16.3. The van der Waals surface area contributed by atoms with Gasteiger partial charge >= 0.3 is 0 Å². The molecule has 0 radical (unpaired) electrons. The summed E-state index contributed by atoms with van der Waals surface area (Å²) < 4.78 is 0. The van der Waals surface area contributed by atoms with E-state index in [-0.39, 0.29) is 0 Å². The third-order valence-corrected chi connectivity index (χ3v) is 4.57. The summed E-state index contributed by atoms with van der Waals surface area (Å²) in [5.74, 6) is 1.67. The Morgan fingerprint density at radius 3 is 2.59 bits per heavy atom. The van der Waals surface area contributed by atoms with Crippen molar-refractivity contribution in [3.8, 4) is 0 Å². The summed E-state index contributed by atoms with van der Waals surface area (Å²) in [6.07, 6.45) is 3.97. The van der Waals surface area contributed by atoms with Crippen LogP contribution in [-0.2, 0) is 0 Å². The zero-order valence-electron chi connectivity index (χ0n) is 11.8. The molecule has 1 aliphatic heterocycles. The second-order valence-electron chi connectivity index (χ2n) is 5.93. The van der Waals surface area contributed by atoms with Crippen LogP contribution in [0, 0.1) is 11.8 Å². The first-order valence-corrected chi connectivity index (χ1v) is 7.15. The number of nitrogens with zero attached hydrogens (tertiary/aromatic N) is 1. The first-order valence-electron chi connectivity index (χ1n) is 7.15. The molecule has 3 nitrogen and oxygen atoms in total. The van der Waals surface area contributed by atoms with Gasteiger partial charge in [0.2, 0.25) is 0 Å². The minimum Gasteiger partial charge on any atom is -0.389 e. The zero-order chi connectivity index (χ0) is 12.9. The highest BCUT2D eigenvalue weighted by Gasteiger charge is 2.25. The van der Waals surface area contributed by atoms with Crippen molar-refractivity contribution in [3.05, 3.63) is 0 Å². The molecule has 102 valence electrons. The third kappa shape index (κ3) is 4.57. The number of hydrogen-bond acceptors (Lipinski definition) is 3. The molecule has 0 saturated carbocycles. The number of hydrogen-bond donors (Lipinski definition) is 2. The summed E-state index contributed by atoms with van der Waals surface area (Å²) >= 11 is 0. The summed E-state index contributed by atoms with van der Waals surface area (Å²) in [6.45, 7) is 10.6. The van der Waals surface area contributed by atoms with Crippen LogP contribution in [0.25, 0.3) is 0 Å². The molecule has 1 saturated heterocycles. The lowest BCUT2D eigenvalue weighted by Gasteiger charge is -2.36. The van der Waals surface area contributed by atoms with Gasteiger partial charge in [0.25, 0.3) is 0 Å². The summed E-state index contributed by atoms with van der Waals surface area (Å²) in [4.78, 5) is 2.54. The van der Waals surface area contributed by atoms with Crippen molar-refractivity contribution in [3.63, 3.8) is 0 Å². The first kappa shape index (κ1) is 14.9. The Hall–Kier alpha value is -0.120. The Balaban J connectivity index is 2.23. The fraction of sp³-hybridized carbons (Fsp3) is 1.00. The van der Waals surface area contributed by atoms with Crippen LogP contribution in [0.3, 0.4) is 0 Å². The SMILES string of the molecule is CCC(O)(CN)CCCN1CCC(C)C(C)C1. The zero-order valence-corrected chi connectivity index (χ0v) is 11.8. The molecule has 17 heavy (non-hydrogen) atoms. The Bertz CT molecular complexity index is 216. The fourth-order valence-corrected chi connectivity index (χ4v) is 2.61. The molecule has 3 atom stereocenters. The molecule has 1 fully saturated rings. The van der Waals surface area contributed by atoms with Crippen molar-refractivity contribution < 1.29 is 5.11 Å². The standard InChI is InChI=1S/C14H30N2O/c1-4-14(17,11-15)7-5-8-16-9-6-12(2)13(3)10-16/h12-13,17H,4-11,15H2,1-3H3. The molecule has 1 heterocycles. The average Bonchev–Trinajstić information content (AvgIpc) is 2.33. The minimum absolute atomic E-state index is 0.386. The van der Waals surface area contributed by atoms with Crippen molar-refractivity contribution in [2.75, 3.05) is 26.2 Å². The van der Waals surface area contributed by atoms with Gasteiger partial charge in [0.1, 0.15) is 0 Å². The minimum atomic E-state index is -0.630. The molecule has 1 rings (SSSR count). The summed E-state index contributed by atoms with van der Waals surface area (Å²) in [6, 6.07) is 0. The van der Waals surface area contributed by atoms with Crippen LogP contribution in [-0.4, -0.2) is 41.8 Å². The van der Waals surface area contributed by atoms with E-state index in [4.69, 9.17) is 5.73 Å². The lowest BCUT2D eigenvalue weighted by Crippen LogP contribution is -2.41. The van der Waals surface area contributed by atoms with Gasteiger partial charge in [0.15, 0.2) is 0 Å². The van der Waals surface area contributed by atoms with E-state index >= 15 is 0 Å². The van der Waals surface area contributed by atoms with Crippen LogP contribution in [0.15, 0.2) is 0 Å². The maximum absolute atomic E-state index is 10.1. The molecule has 0 spiro atoms. The van der Waals surface area contributed by atoms with Crippen LogP contribution in [0.4, 0.5) is 0 Å². The summed E-state index contributed by atoms with van der Waals surface area (Å²) in [5, 5.41) is 10.1. The topological polar surface area (TPSA) is 49.5 Å². The Morgan fingerprint density at radius 2 is 2.06 bits per heavy atom. The quantitative estimate of drug-likeness (QED) is 0.747. The predicted octanol–water partition coefficient (Wildman–Crippen LogP) is 1.84. The van der Waals surface area contributed by atoms with Crippen molar-refractivity contribution in [2.45, 2.75) is 52.1 Å². The van der Waals surface area contributed by atoms with Gasteiger partial charge in [-0.3, -0.25) is 0 Å². The molecule has 0 bridgehead atoms. The van der Waals surface area contributed by atoms with Crippen LogP contribution in [0.2, 0.25) is 0 Å². The van der Waals surface area contributed by atoms with Gasteiger partial charge in [-0.15, -0.1) is 0 Å². The molecule has 0 aromatic rings. The van der Waals surface area contributed by atoms with Crippen LogP contribution in [0.1, 0.15) is 46.5 Å². The van der Waals surface area contributed by atoms with E-state index in [1.54, 1.807) is 0 Å². The summed E-state index contributed by atoms with van der Waals surface area (Å²) in [7, 11) is 0. The second kappa shape index (κ2) is 6.72. The lowest BCUT2D eigenvalue weighted by atomic mass is 9.88. The van der Waals surface area contributed by atoms with Crippen LogP contribution < -0.4 is 5.73 Å². The van der Waals surface area contributed by atoms with Gasteiger partial charge in [0.05, 0.1) is 5.60 Å². The second-order valence-corrected chi connectivity index (χ2v) is 5.93. The maximum Gasteiger partial charge on any atom is 0.0767 e. The number of rotatable bonds is 6. The lowest BCUT2D eigenvalue weighted by molar-refractivity contribution is 0.0292. The molecular weight excluding hydrogens is 212 g/mol. The number of likely N-dealkylation sites (tertiary alicyclic amines) is 1. The number of aliphatic hydroxyl groups is 1. The van der Waals surface area contributed by atoms with Crippen molar-refractivity contribution >= 4 is 0 Å². The number of piperidine rings is 1. The average molecular weight is 242 g/mol. The van der Waals surface area contributed by atoms with Gasteiger partial charge in [-0.05, 0) is 50.6 Å². The highest BCUT2D eigenvalue weighted by molar-refractivity contribution is 4.80. The van der Waals surface area contributed by atoms with E-state index in [0.29, 0.717) is 6.54 Å². The molecule has 0 amide bonds. The smallest absolute Gasteiger partial charge is 0.0767 e. The van der Waals surface area contributed by atoms with Gasteiger partial charge in [-0.2, -0.15) is 0 Å². The van der Waals surface area contributed by atoms with Gasteiger partial charge in [0, 0.05) is 13.1 Å². The fourth-order valence-electron chi connectivity index (χ4n) is 2.61. The van der Waals surface area contributed by atoms with E-state index < -0.39 is 5.60 Å². The molecule has 0 aromatic heterocycles. The predicted molar refractivity (Wildman–Crippen MR) is 72.9 cm³/mol. The highest BCUT2D eigenvalue weighted by Crippen LogP contribution is 2.23. The van der Waals surface area contributed by atoms with Gasteiger partial charge in [-0.25, -0.2) is 0 Å². The Morgan fingerprint density at radius 1 is 1.35 bits per heavy atom. The Labute approximate surface area is 106 Å². The molecule has 3 unspecified atom stereocenters. The molecule has 3 heteroatoms. The first-order chi connectivity index (χ1) is 8.00. The van der Waals surface area contributed by atoms with Crippen molar-refractivity contribution in [1.29, 1.82) is 0 Å².